The fraction of sp³-hybridized carbons (Fsp3) is 0.364. The number of likely N-dealkylation sites (tertiary alicyclic amines) is 1. The summed E-state index contributed by atoms with van der Waals surface area (Å²) in [5.41, 5.74) is 2.96. The highest BCUT2D eigenvalue weighted by Crippen LogP contribution is 2.22. The lowest BCUT2D eigenvalue weighted by Gasteiger charge is -2.17. The largest absolute Gasteiger partial charge is 0.497 e. The van der Waals surface area contributed by atoms with Gasteiger partial charge in [-0.15, -0.1) is 0 Å². The number of carbonyl (C=O) groups excluding carboxylic acids is 2. The number of carbonyl (C=O) groups is 2. The summed E-state index contributed by atoms with van der Waals surface area (Å²) in [6, 6.07) is 13.2. The lowest BCUT2D eigenvalue weighted by molar-refractivity contribution is -0.128. The first-order valence-electron chi connectivity index (χ1n) is 9.38. The van der Waals surface area contributed by atoms with E-state index in [1.165, 1.54) is 0 Å². The van der Waals surface area contributed by atoms with Crippen molar-refractivity contribution in [1.29, 1.82) is 0 Å². The Hall–Kier alpha value is -3.02. The van der Waals surface area contributed by atoms with Crippen LogP contribution in [-0.4, -0.2) is 43.5 Å². The van der Waals surface area contributed by atoms with E-state index in [2.05, 4.69) is 11.4 Å². The number of nitrogens with one attached hydrogen (secondary N) is 1. The summed E-state index contributed by atoms with van der Waals surface area (Å²) in [6.07, 6.45) is 0.235. The fourth-order valence-electron chi connectivity index (χ4n) is 3.40. The van der Waals surface area contributed by atoms with E-state index in [4.69, 9.17) is 9.47 Å². The quantitative estimate of drug-likeness (QED) is 0.799. The van der Waals surface area contributed by atoms with Gasteiger partial charge in [0, 0.05) is 18.7 Å². The molecule has 0 radical (unpaired) electrons. The van der Waals surface area contributed by atoms with Crippen LogP contribution >= 0.6 is 0 Å². The van der Waals surface area contributed by atoms with Crippen molar-refractivity contribution in [3.8, 4) is 11.5 Å². The van der Waals surface area contributed by atoms with Crippen LogP contribution in [-0.2, 0) is 9.59 Å². The van der Waals surface area contributed by atoms with E-state index < -0.39 is 0 Å². The third kappa shape index (κ3) is 5.03. The van der Waals surface area contributed by atoms with Crippen molar-refractivity contribution in [3.63, 3.8) is 0 Å². The van der Waals surface area contributed by atoms with E-state index in [-0.39, 0.29) is 24.2 Å². The first-order chi connectivity index (χ1) is 13.4. The normalized spacial score (nSPS) is 16.2. The Morgan fingerprint density at radius 1 is 1.11 bits per heavy atom. The minimum Gasteiger partial charge on any atom is -0.497 e. The Bertz CT molecular complexity index is 828. The molecule has 148 valence electrons. The van der Waals surface area contributed by atoms with Crippen LogP contribution in [0.3, 0.4) is 0 Å². The standard InChI is InChI=1S/C22H26N2O4/c1-15-10-16(2)12-18(11-15)23-22(26)17-13-21(25)24(14-17)8-9-28-20-6-4-19(27-3)5-7-20/h4-7,10-12,17H,8-9,13-14H2,1-3H3,(H,23,26). The molecule has 2 aromatic rings. The number of anilines is 1. The molecule has 1 N–H and O–H groups in total. The van der Waals surface area contributed by atoms with E-state index in [9.17, 15) is 9.59 Å². The number of rotatable bonds is 7. The van der Waals surface area contributed by atoms with Crippen LogP contribution in [0.2, 0.25) is 0 Å². The zero-order chi connectivity index (χ0) is 20.1. The molecule has 1 heterocycles. The highest BCUT2D eigenvalue weighted by atomic mass is 16.5. The monoisotopic (exact) mass is 382 g/mol. The van der Waals surface area contributed by atoms with Gasteiger partial charge in [-0.2, -0.15) is 0 Å². The van der Waals surface area contributed by atoms with Gasteiger partial charge in [-0.25, -0.2) is 0 Å². The van der Waals surface area contributed by atoms with Gasteiger partial charge < -0.3 is 19.7 Å². The van der Waals surface area contributed by atoms with Crippen LogP contribution in [0.4, 0.5) is 5.69 Å². The van der Waals surface area contributed by atoms with Crippen LogP contribution in [0, 0.1) is 19.8 Å². The van der Waals surface area contributed by atoms with Crippen molar-refractivity contribution < 1.29 is 19.1 Å². The predicted molar refractivity (Wildman–Crippen MR) is 108 cm³/mol. The zero-order valence-corrected chi connectivity index (χ0v) is 16.5. The SMILES string of the molecule is COc1ccc(OCCN2CC(C(=O)Nc3cc(C)cc(C)c3)CC2=O)cc1. The van der Waals surface area contributed by atoms with Crippen molar-refractivity contribution >= 4 is 17.5 Å². The molecule has 0 aromatic heterocycles. The number of benzene rings is 2. The average molecular weight is 382 g/mol. The molecule has 0 spiro atoms. The molecule has 6 nitrogen and oxygen atoms in total. The van der Waals surface area contributed by atoms with E-state index in [0.29, 0.717) is 19.7 Å². The number of ether oxygens (including phenoxy) is 2. The van der Waals surface area contributed by atoms with Crippen molar-refractivity contribution in [2.45, 2.75) is 20.3 Å². The zero-order valence-electron chi connectivity index (χ0n) is 16.5. The third-order valence-corrected chi connectivity index (χ3v) is 4.76. The molecule has 0 bridgehead atoms. The molecule has 0 aliphatic carbocycles. The van der Waals surface area contributed by atoms with Crippen LogP contribution in [0.25, 0.3) is 0 Å². The van der Waals surface area contributed by atoms with E-state index in [1.807, 2.05) is 50.2 Å². The van der Waals surface area contributed by atoms with Crippen LogP contribution < -0.4 is 14.8 Å². The molecule has 1 aliphatic heterocycles. The minimum atomic E-state index is -0.339. The second kappa shape index (κ2) is 8.78. The number of amides is 2. The summed E-state index contributed by atoms with van der Waals surface area (Å²) in [7, 11) is 1.61. The molecule has 2 aromatic carbocycles. The molecule has 1 aliphatic rings. The van der Waals surface area contributed by atoms with Gasteiger partial charge in [-0.1, -0.05) is 6.07 Å². The Morgan fingerprint density at radius 2 is 1.75 bits per heavy atom. The summed E-state index contributed by atoms with van der Waals surface area (Å²) in [5.74, 6) is 1.02. The van der Waals surface area contributed by atoms with Gasteiger partial charge in [0.2, 0.25) is 11.8 Å². The molecule has 2 amide bonds. The first kappa shape index (κ1) is 19.7. The van der Waals surface area contributed by atoms with Gasteiger partial charge in [0.25, 0.3) is 0 Å². The summed E-state index contributed by atoms with van der Waals surface area (Å²) in [6.45, 7) is 5.24. The average Bonchev–Trinajstić information content (AvgIpc) is 3.02. The maximum atomic E-state index is 12.6. The predicted octanol–water partition coefficient (Wildman–Crippen LogP) is 3.18. The summed E-state index contributed by atoms with van der Waals surface area (Å²) in [4.78, 5) is 26.5. The Labute approximate surface area is 165 Å². The Morgan fingerprint density at radius 3 is 2.39 bits per heavy atom. The van der Waals surface area contributed by atoms with Gasteiger partial charge in [-0.3, -0.25) is 9.59 Å². The third-order valence-electron chi connectivity index (χ3n) is 4.76. The van der Waals surface area contributed by atoms with E-state index in [0.717, 1.165) is 28.3 Å². The van der Waals surface area contributed by atoms with E-state index >= 15 is 0 Å². The second-order valence-corrected chi connectivity index (χ2v) is 7.13. The molecule has 1 fully saturated rings. The minimum absolute atomic E-state index is 0.0149. The maximum absolute atomic E-state index is 12.6. The number of nitrogens with zero attached hydrogens (tertiary/aromatic N) is 1. The second-order valence-electron chi connectivity index (χ2n) is 7.13. The van der Waals surface area contributed by atoms with Gasteiger partial charge >= 0.3 is 0 Å². The van der Waals surface area contributed by atoms with Gasteiger partial charge in [0.1, 0.15) is 18.1 Å². The van der Waals surface area contributed by atoms with Crippen molar-refractivity contribution in [3.05, 3.63) is 53.6 Å². The molecular weight excluding hydrogens is 356 g/mol. The Balaban J connectivity index is 1.49. The summed E-state index contributed by atoms with van der Waals surface area (Å²) in [5, 5.41) is 2.94. The molecular formula is C22H26N2O4. The number of methoxy groups -OCH3 is 1. The summed E-state index contributed by atoms with van der Waals surface area (Å²) < 4.78 is 10.8. The molecule has 0 saturated carbocycles. The number of hydrogen-bond acceptors (Lipinski definition) is 4. The van der Waals surface area contributed by atoms with Crippen molar-refractivity contribution in [1.82, 2.24) is 4.90 Å². The molecule has 3 rings (SSSR count). The Kier molecular flexibility index (Phi) is 6.19. The first-order valence-corrected chi connectivity index (χ1v) is 9.38. The molecule has 28 heavy (non-hydrogen) atoms. The van der Waals surface area contributed by atoms with Crippen LogP contribution in [0.1, 0.15) is 17.5 Å². The molecule has 1 atom stereocenters. The molecule has 1 saturated heterocycles. The highest BCUT2D eigenvalue weighted by molar-refractivity contribution is 5.97. The number of hydrogen-bond donors (Lipinski definition) is 1. The van der Waals surface area contributed by atoms with E-state index in [1.54, 1.807) is 12.0 Å². The smallest absolute Gasteiger partial charge is 0.229 e. The highest BCUT2D eigenvalue weighted by Gasteiger charge is 2.34. The van der Waals surface area contributed by atoms with Crippen LogP contribution in [0.5, 0.6) is 11.5 Å². The van der Waals surface area contributed by atoms with Crippen molar-refractivity contribution in [2.75, 3.05) is 32.1 Å². The molecule has 1 unspecified atom stereocenters. The lowest BCUT2D eigenvalue weighted by Crippen LogP contribution is -2.31. The topological polar surface area (TPSA) is 67.9 Å². The maximum Gasteiger partial charge on any atom is 0.229 e. The van der Waals surface area contributed by atoms with Crippen LogP contribution in [0.15, 0.2) is 42.5 Å². The van der Waals surface area contributed by atoms with Crippen molar-refractivity contribution in [2.24, 2.45) is 5.92 Å². The fourth-order valence-corrected chi connectivity index (χ4v) is 3.40. The van der Waals surface area contributed by atoms with Gasteiger partial charge in [0.05, 0.1) is 19.6 Å². The summed E-state index contributed by atoms with van der Waals surface area (Å²) >= 11 is 0. The van der Waals surface area contributed by atoms with Gasteiger partial charge in [0.15, 0.2) is 0 Å². The van der Waals surface area contributed by atoms with Gasteiger partial charge in [-0.05, 0) is 61.4 Å². The number of aryl methyl sites for hydroxylation is 2. The molecule has 6 heteroatoms. The lowest BCUT2D eigenvalue weighted by atomic mass is 10.1.